The van der Waals surface area contributed by atoms with Crippen LogP contribution in [0.3, 0.4) is 0 Å². The first-order valence-corrected chi connectivity index (χ1v) is 27.6. The molecule has 0 aromatic heterocycles. The van der Waals surface area contributed by atoms with Gasteiger partial charge in [-0.2, -0.15) is 0 Å². The summed E-state index contributed by atoms with van der Waals surface area (Å²) in [6.07, 6.45) is 56.9. The van der Waals surface area contributed by atoms with Crippen LogP contribution in [0.4, 0.5) is 0 Å². The summed E-state index contributed by atoms with van der Waals surface area (Å²) in [6.45, 7) is 4.30. The minimum atomic E-state index is -4.77. The molecular formula is C56H93O11P. The number of phosphoric acid groups is 1. The molecular weight excluding hydrogens is 880 g/mol. The average Bonchev–Trinajstić information content (AvgIpc) is 3.32. The van der Waals surface area contributed by atoms with Crippen molar-refractivity contribution in [2.45, 2.75) is 213 Å². The van der Waals surface area contributed by atoms with E-state index in [9.17, 15) is 28.9 Å². The second-order valence-electron chi connectivity index (χ2n) is 17.0. The van der Waals surface area contributed by atoms with Crippen LogP contribution >= 0.6 is 7.82 Å². The lowest BCUT2D eigenvalue weighted by molar-refractivity contribution is -0.160. The molecule has 3 atom stereocenters. The van der Waals surface area contributed by atoms with Crippen molar-refractivity contribution in [3.8, 4) is 0 Å². The van der Waals surface area contributed by atoms with Gasteiger partial charge in [0.1, 0.15) is 12.7 Å². The van der Waals surface area contributed by atoms with Crippen LogP contribution in [0.5, 0.6) is 0 Å². The number of aliphatic hydroxyl groups is 1. The maximum Gasteiger partial charge on any atom is 0.472 e. The van der Waals surface area contributed by atoms with Crippen LogP contribution in [-0.2, 0) is 42.2 Å². The van der Waals surface area contributed by atoms with Gasteiger partial charge in [-0.05, 0) is 96.3 Å². The van der Waals surface area contributed by atoms with E-state index in [0.29, 0.717) is 19.3 Å². The topological polar surface area (TPSA) is 155 Å². The number of aliphatic hydroxyl groups excluding tert-OH is 1. The third kappa shape index (κ3) is 47.5. The Kier molecular flexibility index (Phi) is 47.2. The molecule has 0 fully saturated rings. The Labute approximate surface area is 412 Å². The number of hydrogen-bond acceptors (Lipinski definition) is 10. The molecule has 0 aliphatic carbocycles. The van der Waals surface area contributed by atoms with Crippen molar-refractivity contribution in [2.75, 3.05) is 26.4 Å². The first-order valence-electron chi connectivity index (χ1n) is 26.1. The standard InChI is InChI=1S/C56H93O11P/c1-4-7-10-13-16-19-22-24-26-28-31-34-37-40-43-46-55(59)66-52(48-57)50-64-68(61,62)65-51-53(49-63-54(58)45-42-39-36-33-30-21-18-15-12-9-6-3)67-56(60)47-44-41-38-35-32-29-27-25-23-20-17-14-11-8-5-2/h8,11,15-20,24-27,32,35,41,44,52-53,57H,4-7,9-10,12-14,21-23,28-31,33-34,36-40,42-43,45-51H2,1-3H3,(H,61,62)/b11-8-,18-15-,19-16-,20-17-,26-24-,27-25-,35-32-,44-41-. The molecule has 0 saturated heterocycles. The van der Waals surface area contributed by atoms with Gasteiger partial charge in [-0.1, -0.05) is 182 Å². The van der Waals surface area contributed by atoms with Gasteiger partial charge in [0.05, 0.1) is 26.2 Å². The number of ether oxygens (including phenoxy) is 3. The molecule has 0 aliphatic rings. The molecule has 11 nitrogen and oxygen atoms in total. The van der Waals surface area contributed by atoms with E-state index in [1.807, 2.05) is 18.2 Å². The summed E-state index contributed by atoms with van der Waals surface area (Å²) in [4.78, 5) is 48.2. The minimum Gasteiger partial charge on any atom is -0.462 e. The summed E-state index contributed by atoms with van der Waals surface area (Å²) < 4.78 is 39.2. The zero-order valence-electron chi connectivity index (χ0n) is 42.5. The number of allylic oxidation sites excluding steroid dienone is 15. The highest BCUT2D eigenvalue weighted by atomic mass is 31.2. The van der Waals surface area contributed by atoms with Gasteiger partial charge < -0.3 is 24.2 Å². The van der Waals surface area contributed by atoms with Crippen molar-refractivity contribution in [1.29, 1.82) is 0 Å². The van der Waals surface area contributed by atoms with Crippen LogP contribution in [0.25, 0.3) is 0 Å². The summed E-state index contributed by atoms with van der Waals surface area (Å²) in [5.74, 6) is -1.65. The second kappa shape index (κ2) is 49.8. The minimum absolute atomic E-state index is 0.0709. The Morgan fingerprint density at radius 2 is 0.838 bits per heavy atom. The molecule has 0 spiro atoms. The Morgan fingerprint density at radius 3 is 1.35 bits per heavy atom. The normalized spacial score (nSPS) is 14.2. The van der Waals surface area contributed by atoms with Crippen molar-refractivity contribution in [3.63, 3.8) is 0 Å². The van der Waals surface area contributed by atoms with Gasteiger partial charge in [0.2, 0.25) is 0 Å². The Morgan fingerprint density at radius 1 is 0.441 bits per heavy atom. The predicted molar refractivity (Wildman–Crippen MR) is 279 cm³/mol. The highest BCUT2D eigenvalue weighted by Gasteiger charge is 2.28. The summed E-state index contributed by atoms with van der Waals surface area (Å²) in [6, 6.07) is 0. The lowest BCUT2D eigenvalue weighted by atomic mass is 10.1. The number of unbranched alkanes of at least 4 members (excludes halogenated alkanes) is 15. The van der Waals surface area contributed by atoms with Crippen molar-refractivity contribution in [2.24, 2.45) is 0 Å². The molecule has 68 heavy (non-hydrogen) atoms. The van der Waals surface area contributed by atoms with Gasteiger partial charge in [-0.15, -0.1) is 0 Å². The second-order valence-corrected chi connectivity index (χ2v) is 18.4. The zero-order chi connectivity index (χ0) is 49.9. The molecule has 0 aliphatic heterocycles. The van der Waals surface area contributed by atoms with Crippen molar-refractivity contribution in [1.82, 2.24) is 0 Å². The van der Waals surface area contributed by atoms with Crippen LogP contribution in [0.1, 0.15) is 201 Å². The molecule has 2 N–H and O–H groups in total. The maximum atomic E-state index is 12.8. The summed E-state index contributed by atoms with van der Waals surface area (Å²) in [5, 5.41) is 9.78. The maximum absolute atomic E-state index is 12.8. The largest absolute Gasteiger partial charge is 0.472 e. The number of phosphoric ester groups is 1. The summed E-state index contributed by atoms with van der Waals surface area (Å²) >= 11 is 0. The average molecular weight is 973 g/mol. The molecule has 3 unspecified atom stereocenters. The third-order valence-corrected chi connectivity index (χ3v) is 11.4. The molecule has 12 heteroatoms. The lowest BCUT2D eigenvalue weighted by Gasteiger charge is -2.21. The first kappa shape index (κ1) is 64.4. The highest BCUT2D eigenvalue weighted by Crippen LogP contribution is 2.43. The third-order valence-electron chi connectivity index (χ3n) is 10.5. The van der Waals surface area contributed by atoms with E-state index in [4.69, 9.17) is 23.3 Å². The van der Waals surface area contributed by atoms with E-state index in [2.05, 4.69) is 93.7 Å². The van der Waals surface area contributed by atoms with Crippen molar-refractivity contribution in [3.05, 3.63) is 97.2 Å². The summed E-state index contributed by atoms with van der Waals surface area (Å²) in [7, 11) is -4.77. The van der Waals surface area contributed by atoms with Gasteiger partial charge >= 0.3 is 25.7 Å². The highest BCUT2D eigenvalue weighted by molar-refractivity contribution is 7.47. The van der Waals surface area contributed by atoms with Crippen molar-refractivity contribution >= 4 is 25.7 Å². The van der Waals surface area contributed by atoms with Crippen LogP contribution in [0.2, 0.25) is 0 Å². The van der Waals surface area contributed by atoms with Crippen LogP contribution in [0, 0.1) is 0 Å². The van der Waals surface area contributed by atoms with E-state index in [1.165, 1.54) is 32.1 Å². The molecule has 0 heterocycles. The van der Waals surface area contributed by atoms with E-state index in [-0.39, 0.29) is 25.9 Å². The molecule has 0 saturated carbocycles. The molecule has 0 amide bonds. The molecule has 388 valence electrons. The summed E-state index contributed by atoms with van der Waals surface area (Å²) in [5.41, 5.74) is 0. The molecule has 0 bridgehead atoms. The Balaban J connectivity index is 4.85. The van der Waals surface area contributed by atoms with E-state index < -0.39 is 57.8 Å². The monoisotopic (exact) mass is 973 g/mol. The SMILES string of the molecule is CC/C=C\C/C=C\C/C=C\C/C=C\C/C=C\CC(=O)OC(COC(=O)CCCCCCC/C=C\CCCC)COP(=O)(O)OCC(CO)OC(=O)CCCCCCC/C=C\C/C=C\CCCCC. The van der Waals surface area contributed by atoms with E-state index in [0.717, 1.165) is 109 Å². The van der Waals surface area contributed by atoms with Gasteiger partial charge in [-0.3, -0.25) is 23.4 Å². The number of carbonyl (C=O) groups excluding carboxylic acids is 3. The fourth-order valence-corrected chi connectivity index (χ4v) is 7.28. The van der Waals surface area contributed by atoms with Gasteiger partial charge in [0, 0.05) is 12.8 Å². The van der Waals surface area contributed by atoms with Crippen LogP contribution < -0.4 is 0 Å². The fourth-order valence-electron chi connectivity index (χ4n) is 6.50. The fraction of sp³-hybridized carbons (Fsp3) is 0.661. The van der Waals surface area contributed by atoms with Gasteiger partial charge in [-0.25, -0.2) is 4.57 Å². The Bertz CT molecular complexity index is 1510. The van der Waals surface area contributed by atoms with Crippen molar-refractivity contribution < 1.29 is 52.2 Å². The van der Waals surface area contributed by atoms with E-state index in [1.54, 1.807) is 6.08 Å². The quantitative estimate of drug-likeness (QED) is 0.0197. The first-order chi connectivity index (χ1) is 33.2. The molecule has 0 aromatic carbocycles. The van der Waals surface area contributed by atoms with Gasteiger partial charge in [0.25, 0.3) is 0 Å². The molecule has 0 radical (unpaired) electrons. The zero-order valence-corrected chi connectivity index (χ0v) is 43.4. The lowest BCUT2D eigenvalue weighted by Crippen LogP contribution is -2.30. The predicted octanol–water partition coefficient (Wildman–Crippen LogP) is 14.9. The smallest absolute Gasteiger partial charge is 0.462 e. The van der Waals surface area contributed by atoms with Crippen LogP contribution in [0.15, 0.2) is 97.2 Å². The molecule has 0 aromatic rings. The molecule has 0 rings (SSSR count). The number of hydrogen-bond donors (Lipinski definition) is 2. The number of rotatable bonds is 47. The Hall–Kier alpha value is -3.60. The number of carbonyl (C=O) groups is 3. The van der Waals surface area contributed by atoms with E-state index >= 15 is 0 Å². The van der Waals surface area contributed by atoms with Crippen LogP contribution in [-0.4, -0.2) is 66.5 Å². The number of esters is 3. The van der Waals surface area contributed by atoms with Gasteiger partial charge in [0.15, 0.2) is 6.10 Å².